The summed E-state index contributed by atoms with van der Waals surface area (Å²) >= 11 is 0. The zero-order chi connectivity index (χ0) is 17.4. The summed E-state index contributed by atoms with van der Waals surface area (Å²) in [5.41, 5.74) is 0.0452. The molecule has 0 amide bonds. The first-order valence-electron chi connectivity index (χ1n) is 7.21. The van der Waals surface area contributed by atoms with Crippen molar-refractivity contribution in [3.8, 4) is 5.75 Å². The number of carbonyl (C=O) groups excluding carboxylic acids is 1. The normalized spacial score (nSPS) is 11.0. The van der Waals surface area contributed by atoms with E-state index in [0.717, 1.165) is 10.2 Å². The summed E-state index contributed by atoms with van der Waals surface area (Å²) < 4.78 is 20.8. The van der Waals surface area contributed by atoms with E-state index < -0.39 is 17.1 Å². The van der Waals surface area contributed by atoms with Gasteiger partial charge in [-0.1, -0.05) is 12.1 Å². The van der Waals surface area contributed by atoms with E-state index in [1.807, 2.05) is 0 Å². The number of hydrogen-bond acceptors (Lipinski definition) is 4. The molecule has 0 fully saturated rings. The Morgan fingerprint density at radius 3 is 2.38 bits per heavy atom. The van der Waals surface area contributed by atoms with Crippen LogP contribution >= 0.6 is 0 Å². The molecule has 1 N–H and O–H groups in total. The lowest BCUT2D eigenvalue weighted by Gasteiger charge is -2.03. The van der Waals surface area contributed by atoms with Crippen LogP contribution in [0.5, 0.6) is 5.75 Å². The van der Waals surface area contributed by atoms with Gasteiger partial charge in [0.1, 0.15) is 11.6 Å². The Morgan fingerprint density at radius 2 is 1.79 bits per heavy atom. The van der Waals surface area contributed by atoms with E-state index >= 15 is 0 Å². The molecule has 0 atom stereocenters. The minimum Gasteiger partial charge on any atom is -0.501 e. The van der Waals surface area contributed by atoms with Gasteiger partial charge >= 0.3 is 5.56 Å². The molecular formula is C17H15FN2O4. The molecule has 0 unspecified atom stereocenters. The van der Waals surface area contributed by atoms with Gasteiger partial charge in [0.15, 0.2) is 11.5 Å². The summed E-state index contributed by atoms with van der Waals surface area (Å²) in [5.74, 6) is -0.983. The fraction of sp³-hybridized carbons (Fsp3) is 0.176. The summed E-state index contributed by atoms with van der Waals surface area (Å²) in [7, 11) is 2.94. The van der Waals surface area contributed by atoms with Gasteiger partial charge < -0.3 is 9.52 Å². The lowest BCUT2D eigenvalue weighted by atomic mass is 10.1. The molecule has 0 radical (unpaired) electrons. The molecule has 0 spiro atoms. The van der Waals surface area contributed by atoms with Gasteiger partial charge in [-0.2, -0.15) is 0 Å². The molecule has 0 aliphatic heterocycles. The van der Waals surface area contributed by atoms with Crippen LogP contribution in [0.25, 0.3) is 0 Å². The molecule has 124 valence electrons. The second-order valence-corrected chi connectivity index (χ2v) is 5.45. The van der Waals surface area contributed by atoms with E-state index in [1.54, 1.807) is 18.2 Å². The zero-order valence-corrected chi connectivity index (χ0v) is 13.1. The summed E-state index contributed by atoms with van der Waals surface area (Å²) in [4.78, 5) is 24.2. The van der Waals surface area contributed by atoms with Crippen LogP contribution in [-0.4, -0.2) is 20.3 Å². The van der Waals surface area contributed by atoms with E-state index in [4.69, 9.17) is 4.42 Å². The highest BCUT2D eigenvalue weighted by Gasteiger charge is 2.25. The van der Waals surface area contributed by atoms with E-state index in [9.17, 15) is 19.1 Å². The van der Waals surface area contributed by atoms with Crippen LogP contribution in [0.15, 0.2) is 45.6 Å². The highest BCUT2D eigenvalue weighted by Crippen LogP contribution is 2.20. The van der Waals surface area contributed by atoms with E-state index in [2.05, 4.69) is 0 Å². The second kappa shape index (κ2) is 5.84. The van der Waals surface area contributed by atoms with Crippen molar-refractivity contribution in [2.45, 2.75) is 6.42 Å². The maximum absolute atomic E-state index is 12.9. The quantitative estimate of drug-likeness (QED) is 0.742. The number of carbonyl (C=O) groups is 1. The van der Waals surface area contributed by atoms with Gasteiger partial charge in [0.2, 0.25) is 11.5 Å². The number of aromatic hydroxyl groups is 1. The number of nitrogens with zero attached hydrogens (tertiary/aromatic N) is 2. The molecule has 3 rings (SSSR count). The molecule has 0 saturated heterocycles. The number of ketones is 1. The third-order valence-corrected chi connectivity index (χ3v) is 3.89. The molecule has 0 aliphatic rings. The summed E-state index contributed by atoms with van der Waals surface area (Å²) in [6.45, 7) is 0. The molecule has 0 aliphatic carbocycles. The molecule has 2 heterocycles. The largest absolute Gasteiger partial charge is 0.501 e. The molecule has 3 aromatic rings. The highest BCUT2D eigenvalue weighted by atomic mass is 19.1. The van der Waals surface area contributed by atoms with Gasteiger partial charge in [-0.25, -0.2) is 4.39 Å². The SMILES string of the molecule is Cn1c(C(=O)c2ccc(Cc3ccc(F)cc3)o2)c(O)c(=O)n1C. The molecule has 7 heteroatoms. The fourth-order valence-electron chi connectivity index (χ4n) is 2.46. The Labute approximate surface area is 136 Å². The first kappa shape index (κ1) is 15.8. The minimum absolute atomic E-state index is 0.0172. The van der Waals surface area contributed by atoms with Crippen LogP contribution in [0, 0.1) is 5.82 Å². The topological polar surface area (TPSA) is 77.4 Å². The number of aromatic nitrogens is 2. The molecule has 0 bridgehead atoms. The molecule has 2 aromatic heterocycles. The smallest absolute Gasteiger partial charge is 0.309 e. The Bertz CT molecular complexity index is 964. The maximum atomic E-state index is 12.9. The van der Waals surface area contributed by atoms with Crippen molar-refractivity contribution in [1.29, 1.82) is 0 Å². The number of furan rings is 1. The van der Waals surface area contributed by atoms with Crippen LogP contribution in [-0.2, 0) is 20.5 Å². The Hall–Kier alpha value is -3.09. The van der Waals surface area contributed by atoms with Gasteiger partial charge in [-0.05, 0) is 29.8 Å². The third kappa shape index (κ3) is 2.64. The van der Waals surface area contributed by atoms with Gasteiger partial charge in [0.25, 0.3) is 0 Å². The molecule has 1 aromatic carbocycles. The van der Waals surface area contributed by atoms with Gasteiger partial charge in [0.05, 0.1) is 0 Å². The Kier molecular flexibility index (Phi) is 3.84. The van der Waals surface area contributed by atoms with Crippen LogP contribution in [0.2, 0.25) is 0 Å². The standard InChI is InChI=1S/C17H15FN2O4/c1-19-14(16(22)17(23)20(19)2)15(21)13-8-7-12(24-13)9-10-3-5-11(18)6-4-10/h3-8,22H,9H2,1-2H3. The Balaban J connectivity index is 1.88. The minimum atomic E-state index is -0.654. The lowest BCUT2D eigenvalue weighted by molar-refractivity contribution is 0.0995. The Morgan fingerprint density at radius 1 is 1.12 bits per heavy atom. The fourth-order valence-corrected chi connectivity index (χ4v) is 2.46. The molecule has 6 nitrogen and oxygen atoms in total. The number of halogens is 1. The predicted octanol–water partition coefficient (Wildman–Crippen LogP) is 1.98. The lowest BCUT2D eigenvalue weighted by Crippen LogP contribution is -2.18. The highest BCUT2D eigenvalue weighted by molar-refractivity contribution is 6.07. The first-order chi connectivity index (χ1) is 11.4. The van der Waals surface area contributed by atoms with Crippen molar-refractivity contribution in [2.24, 2.45) is 14.1 Å². The second-order valence-electron chi connectivity index (χ2n) is 5.45. The van der Waals surface area contributed by atoms with Crippen molar-refractivity contribution in [2.75, 3.05) is 0 Å². The number of hydrogen-bond donors (Lipinski definition) is 1. The van der Waals surface area contributed by atoms with Crippen LogP contribution in [0.4, 0.5) is 4.39 Å². The summed E-state index contributed by atoms with van der Waals surface area (Å²) in [5, 5.41) is 9.85. The van der Waals surface area contributed by atoms with E-state index in [0.29, 0.717) is 12.2 Å². The molecule has 0 saturated carbocycles. The van der Waals surface area contributed by atoms with Crippen LogP contribution < -0.4 is 5.56 Å². The average molecular weight is 330 g/mol. The number of benzene rings is 1. The third-order valence-electron chi connectivity index (χ3n) is 3.89. The van der Waals surface area contributed by atoms with E-state index in [-0.39, 0.29) is 17.3 Å². The van der Waals surface area contributed by atoms with Crippen molar-refractivity contribution >= 4 is 5.78 Å². The summed E-state index contributed by atoms with van der Waals surface area (Å²) in [6, 6.07) is 9.08. The average Bonchev–Trinajstić information content (AvgIpc) is 3.10. The van der Waals surface area contributed by atoms with Gasteiger partial charge in [0, 0.05) is 20.5 Å². The predicted molar refractivity (Wildman–Crippen MR) is 83.7 cm³/mol. The van der Waals surface area contributed by atoms with Gasteiger partial charge in [-0.3, -0.25) is 19.0 Å². The van der Waals surface area contributed by atoms with Crippen molar-refractivity contribution < 1.29 is 18.7 Å². The first-order valence-corrected chi connectivity index (χ1v) is 7.21. The number of rotatable bonds is 4. The van der Waals surface area contributed by atoms with Crippen molar-refractivity contribution in [1.82, 2.24) is 9.36 Å². The van der Waals surface area contributed by atoms with Crippen molar-refractivity contribution in [3.63, 3.8) is 0 Å². The van der Waals surface area contributed by atoms with Crippen molar-refractivity contribution in [3.05, 3.63) is 75.3 Å². The van der Waals surface area contributed by atoms with Crippen LogP contribution in [0.3, 0.4) is 0 Å². The molecule has 24 heavy (non-hydrogen) atoms. The van der Waals surface area contributed by atoms with Gasteiger partial charge in [-0.15, -0.1) is 0 Å². The monoisotopic (exact) mass is 330 g/mol. The summed E-state index contributed by atoms with van der Waals surface area (Å²) in [6.07, 6.45) is 0.396. The van der Waals surface area contributed by atoms with Crippen LogP contribution in [0.1, 0.15) is 27.6 Å². The van der Waals surface area contributed by atoms with E-state index in [1.165, 1.54) is 37.0 Å². The maximum Gasteiger partial charge on any atom is 0.309 e. The molecular weight excluding hydrogens is 315 g/mol. The zero-order valence-electron chi connectivity index (χ0n) is 13.1.